The van der Waals surface area contributed by atoms with Gasteiger partial charge in [-0.25, -0.2) is 8.42 Å². The number of amides is 1. The molecule has 3 rings (SSSR count). The lowest BCUT2D eigenvalue weighted by molar-refractivity contribution is -0.116. The summed E-state index contributed by atoms with van der Waals surface area (Å²) < 4.78 is 26.3. The first-order valence-corrected chi connectivity index (χ1v) is 11.0. The van der Waals surface area contributed by atoms with Gasteiger partial charge in [-0.1, -0.05) is 30.3 Å². The van der Waals surface area contributed by atoms with Crippen molar-refractivity contribution in [3.8, 4) is 0 Å². The van der Waals surface area contributed by atoms with E-state index in [0.29, 0.717) is 5.69 Å². The number of hydrogen-bond donors (Lipinski definition) is 1. The minimum atomic E-state index is -3.72. The third-order valence-electron chi connectivity index (χ3n) is 4.17. The summed E-state index contributed by atoms with van der Waals surface area (Å²) in [6.07, 6.45) is 1.92. The van der Waals surface area contributed by atoms with Crippen molar-refractivity contribution in [1.29, 1.82) is 0 Å². The minimum absolute atomic E-state index is 0.168. The molecule has 7 heteroatoms. The third-order valence-corrected chi connectivity index (χ3v) is 6.73. The van der Waals surface area contributed by atoms with E-state index in [1.807, 2.05) is 42.7 Å². The molecule has 1 N–H and O–H groups in total. The molecule has 140 valence electrons. The molecule has 0 aliphatic heterocycles. The van der Waals surface area contributed by atoms with Crippen molar-refractivity contribution >= 4 is 44.2 Å². The molecular formula is C20H20N2O3S2. The van der Waals surface area contributed by atoms with Crippen LogP contribution >= 0.6 is 11.8 Å². The predicted molar refractivity (Wildman–Crippen MR) is 111 cm³/mol. The molecule has 0 aromatic heterocycles. The van der Waals surface area contributed by atoms with Gasteiger partial charge in [-0.05, 0) is 53.4 Å². The largest absolute Gasteiger partial charge is 0.325 e. The second kappa shape index (κ2) is 8.12. The van der Waals surface area contributed by atoms with E-state index >= 15 is 0 Å². The van der Waals surface area contributed by atoms with Gasteiger partial charge in [-0.3, -0.25) is 4.79 Å². The minimum Gasteiger partial charge on any atom is -0.325 e. The molecule has 0 heterocycles. The molecule has 0 aliphatic carbocycles. The average Bonchev–Trinajstić information content (AvgIpc) is 2.67. The van der Waals surface area contributed by atoms with Crippen molar-refractivity contribution in [1.82, 2.24) is 4.31 Å². The summed E-state index contributed by atoms with van der Waals surface area (Å²) in [6, 6.07) is 20.0. The molecule has 0 fully saturated rings. The smallest absolute Gasteiger partial charge is 0.243 e. The third kappa shape index (κ3) is 4.50. The van der Waals surface area contributed by atoms with Crippen LogP contribution in [0.1, 0.15) is 0 Å². The second-order valence-electron chi connectivity index (χ2n) is 6.05. The zero-order valence-electron chi connectivity index (χ0n) is 15.0. The molecule has 0 aliphatic rings. The number of nitrogens with one attached hydrogen (secondary N) is 1. The van der Waals surface area contributed by atoms with E-state index < -0.39 is 15.9 Å². The zero-order valence-corrected chi connectivity index (χ0v) is 16.7. The number of carbonyl (C=O) groups excluding carboxylic acids is 1. The first kappa shape index (κ1) is 19.4. The van der Waals surface area contributed by atoms with Crippen molar-refractivity contribution in [2.75, 3.05) is 25.2 Å². The van der Waals surface area contributed by atoms with Gasteiger partial charge in [0.2, 0.25) is 15.9 Å². The van der Waals surface area contributed by atoms with Gasteiger partial charge in [0.1, 0.15) is 0 Å². The molecule has 0 saturated carbocycles. The Morgan fingerprint density at radius 3 is 2.33 bits per heavy atom. The van der Waals surface area contributed by atoms with Crippen LogP contribution in [-0.2, 0) is 14.8 Å². The Balaban J connectivity index is 1.69. The maximum atomic E-state index is 12.6. The first-order chi connectivity index (χ1) is 12.9. The van der Waals surface area contributed by atoms with Gasteiger partial charge in [0, 0.05) is 17.6 Å². The Morgan fingerprint density at radius 2 is 1.67 bits per heavy atom. The molecule has 27 heavy (non-hydrogen) atoms. The van der Waals surface area contributed by atoms with Crippen molar-refractivity contribution in [2.45, 2.75) is 9.79 Å². The van der Waals surface area contributed by atoms with Crippen molar-refractivity contribution in [2.24, 2.45) is 0 Å². The monoisotopic (exact) mass is 400 g/mol. The number of anilines is 1. The van der Waals surface area contributed by atoms with Gasteiger partial charge in [-0.2, -0.15) is 4.31 Å². The Morgan fingerprint density at radius 1 is 1.00 bits per heavy atom. The number of hydrogen-bond acceptors (Lipinski definition) is 4. The lowest BCUT2D eigenvalue weighted by Crippen LogP contribution is -2.34. The molecular weight excluding hydrogens is 380 g/mol. The fourth-order valence-electron chi connectivity index (χ4n) is 2.68. The highest BCUT2D eigenvalue weighted by Crippen LogP contribution is 2.21. The maximum Gasteiger partial charge on any atom is 0.243 e. The van der Waals surface area contributed by atoms with Crippen LogP contribution in [0.3, 0.4) is 0 Å². The number of likely N-dealkylation sites (N-methyl/N-ethyl adjacent to an activating group) is 1. The Labute approximate surface area is 163 Å². The van der Waals surface area contributed by atoms with E-state index in [1.165, 1.54) is 18.8 Å². The topological polar surface area (TPSA) is 66.5 Å². The number of thioether (sulfide) groups is 1. The SMILES string of the molecule is CSc1ccc(S(=O)(=O)N(C)CC(=O)Nc2ccc3ccccc3c2)cc1. The molecule has 0 bridgehead atoms. The van der Waals surface area contributed by atoms with E-state index in [0.717, 1.165) is 20.0 Å². The maximum absolute atomic E-state index is 12.6. The number of fused-ring (bicyclic) bond motifs is 1. The number of carbonyl (C=O) groups is 1. The van der Waals surface area contributed by atoms with E-state index in [4.69, 9.17) is 0 Å². The summed E-state index contributed by atoms with van der Waals surface area (Å²) in [6.45, 7) is -0.264. The Kier molecular flexibility index (Phi) is 5.84. The van der Waals surface area contributed by atoms with E-state index in [9.17, 15) is 13.2 Å². The summed E-state index contributed by atoms with van der Waals surface area (Å²) in [5.74, 6) is -0.392. The number of sulfonamides is 1. The van der Waals surface area contributed by atoms with E-state index in [-0.39, 0.29) is 11.4 Å². The van der Waals surface area contributed by atoms with Crippen LogP contribution in [0.5, 0.6) is 0 Å². The second-order valence-corrected chi connectivity index (χ2v) is 8.97. The first-order valence-electron chi connectivity index (χ1n) is 8.29. The number of nitrogens with zero attached hydrogens (tertiary/aromatic N) is 1. The van der Waals surface area contributed by atoms with Crippen LogP contribution in [-0.4, -0.2) is 38.5 Å². The lowest BCUT2D eigenvalue weighted by Gasteiger charge is -2.17. The molecule has 3 aromatic carbocycles. The van der Waals surface area contributed by atoms with E-state index in [1.54, 1.807) is 30.3 Å². The van der Waals surface area contributed by atoms with Crippen molar-refractivity contribution in [3.05, 3.63) is 66.7 Å². The molecule has 0 saturated heterocycles. The zero-order chi connectivity index (χ0) is 19.4. The molecule has 5 nitrogen and oxygen atoms in total. The fourth-order valence-corrected chi connectivity index (χ4v) is 4.22. The van der Waals surface area contributed by atoms with Crippen LogP contribution in [0.4, 0.5) is 5.69 Å². The molecule has 0 radical (unpaired) electrons. The van der Waals surface area contributed by atoms with E-state index in [2.05, 4.69) is 5.32 Å². The van der Waals surface area contributed by atoms with Crippen LogP contribution < -0.4 is 5.32 Å². The summed E-state index contributed by atoms with van der Waals surface area (Å²) >= 11 is 1.54. The summed E-state index contributed by atoms with van der Waals surface area (Å²) in [5, 5.41) is 4.84. The van der Waals surface area contributed by atoms with Gasteiger partial charge >= 0.3 is 0 Å². The quantitative estimate of drug-likeness (QED) is 0.639. The van der Waals surface area contributed by atoms with Gasteiger partial charge < -0.3 is 5.32 Å². The standard InChI is InChI=1S/C20H20N2O3S2/c1-22(27(24,25)19-11-9-18(26-2)10-12-19)14-20(23)21-17-8-7-15-5-3-4-6-16(15)13-17/h3-13H,14H2,1-2H3,(H,21,23). The summed E-state index contributed by atoms with van der Waals surface area (Å²) in [4.78, 5) is 13.5. The highest BCUT2D eigenvalue weighted by molar-refractivity contribution is 7.98. The molecule has 0 unspecified atom stereocenters. The summed E-state index contributed by atoms with van der Waals surface area (Å²) in [5.41, 5.74) is 0.633. The average molecular weight is 401 g/mol. The number of rotatable bonds is 6. The fraction of sp³-hybridized carbons (Fsp3) is 0.150. The number of benzene rings is 3. The van der Waals surface area contributed by atoms with Crippen LogP contribution in [0.15, 0.2) is 76.5 Å². The highest BCUT2D eigenvalue weighted by atomic mass is 32.2. The Bertz CT molecular complexity index is 1060. The Hall–Kier alpha value is -2.35. The molecule has 3 aromatic rings. The predicted octanol–water partition coefficient (Wildman–Crippen LogP) is 3.82. The van der Waals surface area contributed by atoms with Gasteiger partial charge in [0.05, 0.1) is 11.4 Å². The van der Waals surface area contributed by atoms with Crippen LogP contribution in [0.2, 0.25) is 0 Å². The van der Waals surface area contributed by atoms with Gasteiger partial charge in [0.25, 0.3) is 0 Å². The lowest BCUT2D eigenvalue weighted by atomic mass is 10.1. The molecule has 0 spiro atoms. The van der Waals surface area contributed by atoms with Gasteiger partial charge in [0.15, 0.2) is 0 Å². The van der Waals surface area contributed by atoms with Crippen LogP contribution in [0, 0.1) is 0 Å². The highest BCUT2D eigenvalue weighted by Gasteiger charge is 2.23. The molecule has 1 amide bonds. The summed E-state index contributed by atoms with van der Waals surface area (Å²) in [7, 11) is -2.32. The normalized spacial score (nSPS) is 11.7. The van der Waals surface area contributed by atoms with Crippen LogP contribution in [0.25, 0.3) is 10.8 Å². The van der Waals surface area contributed by atoms with Gasteiger partial charge in [-0.15, -0.1) is 11.8 Å². The molecule has 0 atom stereocenters. The van der Waals surface area contributed by atoms with Crippen molar-refractivity contribution < 1.29 is 13.2 Å². The van der Waals surface area contributed by atoms with Crippen molar-refractivity contribution in [3.63, 3.8) is 0 Å².